The Kier molecular flexibility index (Phi) is 3.66. The fourth-order valence-corrected chi connectivity index (χ4v) is 1.21. The van der Waals surface area contributed by atoms with Crippen molar-refractivity contribution in [3.05, 3.63) is 30.3 Å². The summed E-state index contributed by atoms with van der Waals surface area (Å²) in [5.41, 5.74) is 0. The summed E-state index contributed by atoms with van der Waals surface area (Å²) in [6.45, 7) is 4.68. The zero-order chi connectivity index (χ0) is 12.1. The Bertz CT molecular complexity index is 454. The summed E-state index contributed by atoms with van der Waals surface area (Å²) in [5.74, 6) is 1.23. The van der Waals surface area contributed by atoms with Crippen LogP contribution in [0.1, 0.15) is 19.7 Å². The molecule has 2 N–H and O–H groups in total. The van der Waals surface area contributed by atoms with Crippen LogP contribution in [0.5, 0.6) is 0 Å². The average molecular weight is 233 g/mol. The van der Waals surface area contributed by atoms with Crippen molar-refractivity contribution in [3.8, 4) is 0 Å². The van der Waals surface area contributed by atoms with Crippen LogP contribution >= 0.6 is 0 Å². The molecular formula is C11H15N5O. The molecule has 2 rings (SSSR count). The van der Waals surface area contributed by atoms with Crippen LogP contribution in [-0.4, -0.2) is 21.2 Å². The van der Waals surface area contributed by atoms with E-state index in [4.69, 9.17) is 4.42 Å². The predicted molar refractivity (Wildman–Crippen MR) is 63.8 cm³/mol. The number of nitrogens with zero attached hydrogens (tertiary/aromatic N) is 3. The lowest BCUT2D eigenvalue weighted by atomic mass is 10.4. The van der Waals surface area contributed by atoms with E-state index in [2.05, 4.69) is 39.7 Å². The second kappa shape index (κ2) is 5.40. The van der Waals surface area contributed by atoms with E-state index in [9.17, 15) is 0 Å². The van der Waals surface area contributed by atoms with Crippen LogP contribution in [0, 0.1) is 0 Å². The van der Waals surface area contributed by atoms with Gasteiger partial charge in [0.2, 0.25) is 5.89 Å². The molecule has 6 nitrogen and oxygen atoms in total. The van der Waals surface area contributed by atoms with Crippen molar-refractivity contribution < 1.29 is 4.42 Å². The first-order valence-corrected chi connectivity index (χ1v) is 5.48. The van der Waals surface area contributed by atoms with E-state index in [0.29, 0.717) is 30.3 Å². The van der Waals surface area contributed by atoms with Crippen LogP contribution in [-0.2, 0) is 6.54 Å². The van der Waals surface area contributed by atoms with Gasteiger partial charge in [0.1, 0.15) is 5.82 Å². The molecule has 2 aromatic rings. The third-order valence-electron chi connectivity index (χ3n) is 2.03. The van der Waals surface area contributed by atoms with Crippen molar-refractivity contribution in [1.29, 1.82) is 0 Å². The van der Waals surface area contributed by atoms with Crippen molar-refractivity contribution in [3.63, 3.8) is 0 Å². The standard InChI is InChI=1S/C11H15N5O/c1-8(2)13-7-10-15-16-11(17-10)14-9-5-3-4-6-12-9/h3-6,8,13H,7H2,1-2H3,(H,12,14,16). The molecule has 0 saturated heterocycles. The molecule has 2 heterocycles. The Morgan fingerprint density at radius 1 is 1.29 bits per heavy atom. The van der Waals surface area contributed by atoms with E-state index < -0.39 is 0 Å². The Morgan fingerprint density at radius 2 is 2.18 bits per heavy atom. The summed E-state index contributed by atoms with van der Waals surface area (Å²) in [4.78, 5) is 4.10. The minimum atomic E-state index is 0.351. The smallest absolute Gasteiger partial charge is 0.321 e. The summed E-state index contributed by atoms with van der Waals surface area (Å²) >= 11 is 0. The van der Waals surface area contributed by atoms with E-state index >= 15 is 0 Å². The molecule has 2 aromatic heterocycles. The number of hydrogen-bond acceptors (Lipinski definition) is 6. The number of hydrogen-bond donors (Lipinski definition) is 2. The quantitative estimate of drug-likeness (QED) is 0.818. The normalized spacial score (nSPS) is 10.8. The summed E-state index contributed by atoms with van der Waals surface area (Å²) < 4.78 is 5.40. The lowest BCUT2D eigenvalue weighted by Gasteiger charge is -2.03. The third kappa shape index (κ3) is 3.53. The van der Waals surface area contributed by atoms with Crippen molar-refractivity contribution >= 4 is 11.8 Å². The van der Waals surface area contributed by atoms with Gasteiger partial charge in [0.25, 0.3) is 0 Å². The maximum Gasteiger partial charge on any atom is 0.321 e. The first-order chi connectivity index (χ1) is 8.24. The molecule has 90 valence electrons. The fourth-order valence-electron chi connectivity index (χ4n) is 1.21. The van der Waals surface area contributed by atoms with Gasteiger partial charge in [0, 0.05) is 12.2 Å². The van der Waals surface area contributed by atoms with E-state index in [1.165, 1.54) is 0 Å². The SMILES string of the molecule is CC(C)NCc1nnc(Nc2ccccn2)o1. The Hall–Kier alpha value is -1.95. The molecule has 17 heavy (non-hydrogen) atoms. The van der Waals surface area contributed by atoms with Gasteiger partial charge < -0.3 is 9.73 Å². The molecule has 0 spiro atoms. The Labute approximate surface area is 99.5 Å². The number of pyridine rings is 1. The van der Waals surface area contributed by atoms with Crippen LogP contribution in [0.25, 0.3) is 0 Å². The fraction of sp³-hybridized carbons (Fsp3) is 0.364. The van der Waals surface area contributed by atoms with E-state index in [1.807, 2.05) is 18.2 Å². The molecule has 0 bridgehead atoms. The molecule has 0 aromatic carbocycles. The van der Waals surface area contributed by atoms with Crippen molar-refractivity contribution in [2.75, 3.05) is 5.32 Å². The second-order valence-electron chi connectivity index (χ2n) is 3.88. The van der Waals surface area contributed by atoms with E-state index in [1.54, 1.807) is 6.20 Å². The molecule has 6 heteroatoms. The number of aromatic nitrogens is 3. The summed E-state index contributed by atoms with van der Waals surface area (Å²) in [6, 6.07) is 6.29. The van der Waals surface area contributed by atoms with Gasteiger partial charge in [-0.2, -0.15) is 0 Å². The van der Waals surface area contributed by atoms with Gasteiger partial charge in [-0.3, -0.25) is 5.32 Å². The minimum absolute atomic E-state index is 0.351. The van der Waals surface area contributed by atoms with E-state index in [-0.39, 0.29) is 0 Å². The first-order valence-electron chi connectivity index (χ1n) is 5.48. The predicted octanol–water partition coefficient (Wildman–Crippen LogP) is 1.71. The van der Waals surface area contributed by atoms with Gasteiger partial charge in [0.05, 0.1) is 6.54 Å². The molecule has 0 radical (unpaired) electrons. The van der Waals surface area contributed by atoms with Crippen LogP contribution in [0.15, 0.2) is 28.8 Å². The number of nitrogens with one attached hydrogen (secondary N) is 2. The van der Waals surface area contributed by atoms with Gasteiger partial charge in [-0.1, -0.05) is 25.0 Å². The van der Waals surface area contributed by atoms with Crippen LogP contribution in [0.2, 0.25) is 0 Å². The highest BCUT2D eigenvalue weighted by Gasteiger charge is 2.06. The lowest BCUT2D eigenvalue weighted by molar-refractivity contribution is 0.460. The monoisotopic (exact) mass is 233 g/mol. The largest absolute Gasteiger partial charge is 0.406 e. The molecule has 0 unspecified atom stereocenters. The highest BCUT2D eigenvalue weighted by atomic mass is 16.4. The molecule has 0 amide bonds. The molecule has 0 aliphatic rings. The highest BCUT2D eigenvalue weighted by molar-refractivity contribution is 5.44. The summed E-state index contributed by atoms with van der Waals surface area (Å²) in [7, 11) is 0. The Balaban J connectivity index is 1.94. The Morgan fingerprint density at radius 3 is 2.88 bits per heavy atom. The zero-order valence-electron chi connectivity index (χ0n) is 9.84. The molecule has 0 aliphatic carbocycles. The molecule has 0 aliphatic heterocycles. The topological polar surface area (TPSA) is 75.9 Å². The van der Waals surface area contributed by atoms with Crippen LogP contribution < -0.4 is 10.6 Å². The van der Waals surface area contributed by atoms with E-state index in [0.717, 1.165) is 0 Å². The van der Waals surface area contributed by atoms with Crippen molar-refractivity contribution in [1.82, 2.24) is 20.5 Å². The minimum Gasteiger partial charge on any atom is -0.406 e. The zero-order valence-corrected chi connectivity index (χ0v) is 9.84. The van der Waals surface area contributed by atoms with Gasteiger partial charge >= 0.3 is 6.01 Å². The molecule has 0 atom stereocenters. The first kappa shape index (κ1) is 11.5. The van der Waals surface area contributed by atoms with Crippen LogP contribution in [0.4, 0.5) is 11.8 Å². The van der Waals surface area contributed by atoms with Gasteiger partial charge in [-0.15, -0.1) is 5.10 Å². The maximum absolute atomic E-state index is 5.40. The lowest BCUT2D eigenvalue weighted by Crippen LogP contribution is -2.21. The maximum atomic E-state index is 5.40. The van der Waals surface area contributed by atoms with Crippen molar-refractivity contribution in [2.45, 2.75) is 26.4 Å². The van der Waals surface area contributed by atoms with Gasteiger partial charge in [-0.05, 0) is 12.1 Å². The molecule has 0 fully saturated rings. The number of anilines is 2. The number of rotatable bonds is 5. The molecule has 0 saturated carbocycles. The molecular weight excluding hydrogens is 218 g/mol. The van der Waals surface area contributed by atoms with Gasteiger partial charge in [-0.25, -0.2) is 4.98 Å². The second-order valence-corrected chi connectivity index (χ2v) is 3.88. The average Bonchev–Trinajstić information content (AvgIpc) is 2.75. The highest BCUT2D eigenvalue weighted by Crippen LogP contribution is 2.11. The van der Waals surface area contributed by atoms with Crippen molar-refractivity contribution in [2.24, 2.45) is 0 Å². The summed E-state index contributed by atoms with van der Waals surface area (Å²) in [6.07, 6.45) is 1.69. The van der Waals surface area contributed by atoms with Crippen LogP contribution in [0.3, 0.4) is 0 Å². The summed E-state index contributed by atoms with van der Waals surface area (Å²) in [5, 5.41) is 13.9. The van der Waals surface area contributed by atoms with Gasteiger partial charge in [0.15, 0.2) is 0 Å². The third-order valence-corrected chi connectivity index (χ3v) is 2.03.